The van der Waals surface area contributed by atoms with Gasteiger partial charge in [-0.3, -0.25) is 0 Å². The summed E-state index contributed by atoms with van der Waals surface area (Å²) in [5.41, 5.74) is 5.98. The van der Waals surface area contributed by atoms with Gasteiger partial charge in [-0.2, -0.15) is 5.26 Å². The lowest BCUT2D eigenvalue weighted by Crippen LogP contribution is -2.04. The van der Waals surface area contributed by atoms with Gasteiger partial charge in [-0.15, -0.1) is 6.58 Å². The van der Waals surface area contributed by atoms with E-state index in [0.29, 0.717) is 5.56 Å². The average Bonchev–Trinajstić information content (AvgIpc) is 2.80. The molecule has 0 aromatic heterocycles. The number of hydrogen-bond donors (Lipinski definition) is 0. The summed E-state index contributed by atoms with van der Waals surface area (Å²) in [5.74, 6) is 0.0540. The van der Waals surface area contributed by atoms with Crippen molar-refractivity contribution in [1.29, 1.82) is 5.26 Å². The van der Waals surface area contributed by atoms with E-state index in [2.05, 4.69) is 38.3 Å². The summed E-state index contributed by atoms with van der Waals surface area (Å²) in [6.07, 6.45) is 12.1. The van der Waals surface area contributed by atoms with Crippen LogP contribution in [0.4, 0.5) is 4.39 Å². The summed E-state index contributed by atoms with van der Waals surface area (Å²) in [4.78, 5) is 0. The normalized spacial score (nSPS) is 12.8. The standard InChI is InChI=1S/C30H34FN/c1-5-7-15-26(6-2)30(20-19-24(4)29-18-9-8-16-27(29)22-32)23(3)12-10-13-25-14-11-17-28(31)21-25/h6,8-9,11,14,16-21,26H,2-3,5,7,10,12-13,15H2,1,4H3/b24-19+,30-20+. The molecule has 0 saturated carbocycles. The molecule has 2 heteroatoms. The molecule has 0 spiro atoms. The van der Waals surface area contributed by atoms with Gasteiger partial charge in [0.15, 0.2) is 0 Å². The Morgan fingerprint density at radius 2 is 1.91 bits per heavy atom. The summed E-state index contributed by atoms with van der Waals surface area (Å²) in [6.45, 7) is 12.7. The Morgan fingerprint density at radius 1 is 1.12 bits per heavy atom. The number of nitrogens with zero attached hydrogens (tertiary/aromatic N) is 1. The Bertz CT molecular complexity index is 1020. The van der Waals surface area contributed by atoms with Crippen LogP contribution in [0.25, 0.3) is 5.57 Å². The highest BCUT2D eigenvalue weighted by atomic mass is 19.1. The Labute approximate surface area is 193 Å². The monoisotopic (exact) mass is 427 g/mol. The second-order valence-corrected chi connectivity index (χ2v) is 8.20. The fourth-order valence-corrected chi connectivity index (χ4v) is 3.90. The largest absolute Gasteiger partial charge is 0.207 e. The number of hydrogen-bond acceptors (Lipinski definition) is 1. The molecule has 2 aromatic rings. The van der Waals surface area contributed by atoms with Crippen LogP contribution in [0.3, 0.4) is 0 Å². The third-order valence-corrected chi connectivity index (χ3v) is 5.78. The SMILES string of the molecule is C=CC(CCCC)/C(=C/C=C(\C)c1ccccc1C#N)C(=C)CCCc1cccc(F)c1. The molecule has 0 aliphatic carbocycles. The molecule has 1 atom stereocenters. The highest BCUT2D eigenvalue weighted by Gasteiger charge is 2.13. The lowest BCUT2D eigenvalue weighted by molar-refractivity contribution is 0.615. The van der Waals surface area contributed by atoms with Crippen LogP contribution in [-0.4, -0.2) is 0 Å². The Hall–Kier alpha value is -3.18. The van der Waals surface area contributed by atoms with Crippen LogP contribution in [0.5, 0.6) is 0 Å². The summed E-state index contributed by atoms with van der Waals surface area (Å²) < 4.78 is 13.5. The molecule has 166 valence electrons. The second-order valence-electron chi connectivity index (χ2n) is 8.20. The molecule has 1 unspecified atom stereocenters. The predicted molar refractivity (Wildman–Crippen MR) is 135 cm³/mol. The Kier molecular flexibility index (Phi) is 10.4. The number of benzene rings is 2. The van der Waals surface area contributed by atoms with E-state index >= 15 is 0 Å². The van der Waals surface area contributed by atoms with Gasteiger partial charge in [-0.05, 0) is 73.1 Å². The first-order valence-corrected chi connectivity index (χ1v) is 11.4. The van der Waals surface area contributed by atoms with Gasteiger partial charge >= 0.3 is 0 Å². The molecule has 0 amide bonds. The minimum atomic E-state index is -0.188. The highest BCUT2D eigenvalue weighted by Crippen LogP contribution is 2.29. The lowest BCUT2D eigenvalue weighted by Gasteiger charge is -2.19. The molecule has 1 nitrogen and oxygen atoms in total. The van der Waals surface area contributed by atoms with Crippen molar-refractivity contribution in [3.63, 3.8) is 0 Å². The summed E-state index contributed by atoms with van der Waals surface area (Å²) in [6, 6.07) is 16.7. The number of allylic oxidation sites excluding steroid dienone is 6. The fraction of sp³-hybridized carbons (Fsp3) is 0.300. The van der Waals surface area contributed by atoms with Crippen molar-refractivity contribution in [2.75, 3.05) is 0 Å². The van der Waals surface area contributed by atoms with E-state index < -0.39 is 0 Å². The van der Waals surface area contributed by atoms with Gasteiger partial charge in [-0.1, -0.05) is 80.5 Å². The van der Waals surface area contributed by atoms with Gasteiger partial charge in [0.25, 0.3) is 0 Å². The lowest BCUT2D eigenvalue weighted by atomic mass is 9.86. The zero-order valence-corrected chi connectivity index (χ0v) is 19.4. The van der Waals surface area contributed by atoms with E-state index in [-0.39, 0.29) is 11.7 Å². The number of aryl methyl sites for hydroxylation is 1. The van der Waals surface area contributed by atoms with E-state index in [0.717, 1.165) is 60.8 Å². The highest BCUT2D eigenvalue weighted by molar-refractivity contribution is 5.70. The van der Waals surface area contributed by atoms with Crippen LogP contribution >= 0.6 is 0 Å². The molecule has 0 aliphatic heterocycles. The quantitative estimate of drug-likeness (QED) is 0.246. The Balaban J connectivity index is 2.23. The summed E-state index contributed by atoms with van der Waals surface area (Å²) >= 11 is 0. The maximum atomic E-state index is 13.5. The fourth-order valence-electron chi connectivity index (χ4n) is 3.90. The van der Waals surface area contributed by atoms with Crippen LogP contribution in [-0.2, 0) is 6.42 Å². The van der Waals surface area contributed by atoms with E-state index in [4.69, 9.17) is 0 Å². The third kappa shape index (κ3) is 7.50. The Morgan fingerprint density at radius 3 is 2.59 bits per heavy atom. The van der Waals surface area contributed by atoms with Crippen molar-refractivity contribution in [2.24, 2.45) is 5.92 Å². The van der Waals surface area contributed by atoms with E-state index in [9.17, 15) is 9.65 Å². The molecule has 0 bridgehead atoms. The minimum absolute atomic E-state index is 0.188. The molecule has 0 radical (unpaired) electrons. The van der Waals surface area contributed by atoms with Crippen molar-refractivity contribution in [3.8, 4) is 6.07 Å². The summed E-state index contributed by atoms with van der Waals surface area (Å²) in [5, 5.41) is 9.42. The van der Waals surface area contributed by atoms with E-state index in [1.165, 1.54) is 11.6 Å². The maximum Gasteiger partial charge on any atom is 0.123 e. The van der Waals surface area contributed by atoms with Crippen LogP contribution in [0.15, 0.2) is 91.1 Å². The van der Waals surface area contributed by atoms with Crippen molar-refractivity contribution >= 4 is 5.57 Å². The number of unbranched alkanes of at least 4 members (excludes halogenated alkanes) is 1. The molecule has 0 aliphatic rings. The van der Waals surface area contributed by atoms with Crippen molar-refractivity contribution in [2.45, 2.75) is 52.4 Å². The molecule has 0 N–H and O–H groups in total. The topological polar surface area (TPSA) is 23.8 Å². The first-order chi connectivity index (χ1) is 15.5. The van der Waals surface area contributed by atoms with Crippen LogP contribution < -0.4 is 0 Å². The maximum absolute atomic E-state index is 13.5. The predicted octanol–water partition coefficient (Wildman–Crippen LogP) is 8.60. The molecule has 0 saturated heterocycles. The molecule has 2 aromatic carbocycles. The van der Waals surface area contributed by atoms with Gasteiger partial charge in [0.05, 0.1) is 11.6 Å². The molecule has 32 heavy (non-hydrogen) atoms. The van der Waals surface area contributed by atoms with Crippen molar-refractivity contribution in [1.82, 2.24) is 0 Å². The third-order valence-electron chi connectivity index (χ3n) is 5.78. The number of rotatable bonds is 12. The minimum Gasteiger partial charge on any atom is -0.207 e. The van der Waals surface area contributed by atoms with Crippen LogP contribution in [0, 0.1) is 23.1 Å². The van der Waals surface area contributed by atoms with Crippen molar-refractivity contribution < 1.29 is 4.39 Å². The number of halogens is 1. The first-order valence-electron chi connectivity index (χ1n) is 11.4. The van der Waals surface area contributed by atoms with Crippen LogP contribution in [0.1, 0.15) is 62.6 Å². The molecular weight excluding hydrogens is 393 g/mol. The zero-order chi connectivity index (χ0) is 23.3. The van der Waals surface area contributed by atoms with Gasteiger partial charge < -0.3 is 0 Å². The van der Waals surface area contributed by atoms with Gasteiger partial charge in [0.1, 0.15) is 5.82 Å². The van der Waals surface area contributed by atoms with Crippen molar-refractivity contribution in [3.05, 3.63) is 114 Å². The summed E-state index contributed by atoms with van der Waals surface area (Å²) in [7, 11) is 0. The second kappa shape index (κ2) is 13.3. The van der Waals surface area contributed by atoms with E-state index in [1.807, 2.05) is 43.3 Å². The van der Waals surface area contributed by atoms with Gasteiger partial charge in [-0.25, -0.2) is 4.39 Å². The molecular formula is C30H34FN. The molecule has 0 heterocycles. The van der Waals surface area contributed by atoms with Crippen LogP contribution in [0.2, 0.25) is 0 Å². The van der Waals surface area contributed by atoms with Gasteiger partial charge in [0.2, 0.25) is 0 Å². The number of nitriles is 1. The molecule has 0 fully saturated rings. The first kappa shape index (κ1) is 25.1. The average molecular weight is 428 g/mol. The molecule has 2 rings (SSSR count). The van der Waals surface area contributed by atoms with Gasteiger partial charge in [0, 0.05) is 5.92 Å². The van der Waals surface area contributed by atoms with E-state index in [1.54, 1.807) is 12.1 Å². The smallest absolute Gasteiger partial charge is 0.123 e. The zero-order valence-electron chi connectivity index (χ0n) is 19.4.